The van der Waals surface area contributed by atoms with E-state index >= 15 is 0 Å². The predicted molar refractivity (Wildman–Crippen MR) is 70.6 cm³/mol. The molecule has 0 aliphatic rings. The minimum Gasteiger partial charge on any atom is -0.508 e. The quantitative estimate of drug-likeness (QED) is 0.746. The largest absolute Gasteiger partial charge is 0.508 e. The zero-order chi connectivity index (χ0) is 13.9. The second kappa shape index (κ2) is 5.40. The van der Waals surface area contributed by atoms with E-state index in [1.165, 1.54) is 6.92 Å². The first-order valence-corrected chi connectivity index (χ1v) is 6.05. The molecule has 18 heavy (non-hydrogen) atoms. The highest BCUT2D eigenvalue weighted by Crippen LogP contribution is 2.23. The molecule has 0 saturated heterocycles. The molecule has 0 bridgehead atoms. The van der Waals surface area contributed by atoms with Crippen LogP contribution in [-0.2, 0) is 17.6 Å². The first-order valence-electron chi connectivity index (χ1n) is 6.05. The van der Waals surface area contributed by atoms with Gasteiger partial charge in [-0.1, -0.05) is 26.0 Å². The molecule has 4 heteroatoms. The Morgan fingerprint density at radius 3 is 2.56 bits per heavy atom. The minimum atomic E-state index is -1.29. The Kier molecular flexibility index (Phi) is 4.35. The molecule has 0 aliphatic heterocycles. The van der Waals surface area contributed by atoms with E-state index in [4.69, 9.17) is 10.8 Å². The lowest BCUT2D eigenvalue weighted by atomic mass is 9.91. The van der Waals surface area contributed by atoms with Gasteiger partial charge in [0.1, 0.15) is 11.3 Å². The summed E-state index contributed by atoms with van der Waals surface area (Å²) in [5.74, 6) is -0.350. The van der Waals surface area contributed by atoms with Gasteiger partial charge in [0, 0.05) is 6.42 Å². The Labute approximate surface area is 107 Å². The van der Waals surface area contributed by atoms with Gasteiger partial charge in [-0.25, -0.2) is 0 Å². The van der Waals surface area contributed by atoms with E-state index in [9.17, 15) is 9.90 Å². The topological polar surface area (TPSA) is 83.6 Å². The summed E-state index contributed by atoms with van der Waals surface area (Å²) in [7, 11) is 0. The van der Waals surface area contributed by atoms with E-state index in [1.54, 1.807) is 12.1 Å². The van der Waals surface area contributed by atoms with Crippen LogP contribution >= 0.6 is 0 Å². The van der Waals surface area contributed by atoms with Crippen LogP contribution in [0.4, 0.5) is 0 Å². The molecule has 100 valence electrons. The van der Waals surface area contributed by atoms with Crippen LogP contribution in [0, 0.1) is 5.92 Å². The van der Waals surface area contributed by atoms with Crippen LogP contribution in [0.2, 0.25) is 0 Å². The molecule has 1 aromatic carbocycles. The fourth-order valence-corrected chi connectivity index (χ4v) is 1.85. The second-order valence-corrected chi connectivity index (χ2v) is 5.46. The van der Waals surface area contributed by atoms with Crippen LogP contribution in [0.3, 0.4) is 0 Å². The van der Waals surface area contributed by atoms with Gasteiger partial charge >= 0.3 is 5.97 Å². The third kappa shape index (κ3) is 3.74. The molecule has 0 radical (unpaired) electrons. The third-order valence-electron chi connectivity index (χ3n) is 2.83. The van der Waals surface area contributed by atoms with Crippen molar-refractivity contribution in [1.82, 2.24) is 0 Å². The lowest BCUT2D eigenvalue weighted by Gasteiger charge is -2.20. The lowest BCUT2D eigenvalue weighted by Crippen LogP contribution is -2.46. The monoisotopic (exact) mass is 251 g/mol. The maximum atomic E-state index is 11.0. The van der Waals surface area contributed by atoms with Crippen LogP contribution in [0.15, 0.2) is 18.2 Å². The lowest BCUT2D eigenvalue weighted by molar-refractivity contribution is -0.142. The van der Waals surface area contributed by atoms with E-state index in [-0.39, 0.29) is 12.2 Å². The highest BCUT2D eigenvalue weighted by molar-refractivity contribution is 5.78. The molecule has 1 atom stereocenters. The number of aliphatic carboxylic acids is 1. The van der Waals surface area contributed by atoms with Gasteiger partial charge < -0.3 is 15.9 Å². The van der Waals surface area contributed by atoms with Crippen LogP contribution in [0.25, 0.3) is 0 Å². The van der Waals surface area contributed by atoms with Gasteiger partial charge in [-0.15, -0.1) is 0 Å². The van der Waals surface area contributed by atoms with Crippen molar-refractivity contribution >= 4 is 5.97 Å². The number of phenolic OH excluding ortho intramolecular Hbond substituents is 1. The average Bonchev–Trinajstić information content (AvgIpc) is 2.21. The molecule has 4 N–H and O–H groups in total. The molecule has 0 spiro atoms. The Balaban J connectivity index is 2.95. The minimum absolute atomic E-state index is 0.244. The number of carbonyl (C=O) groups is 1. The zero-order valence-electron chi connectivity index (χ0n) is 11.1. The number of carboxylic acid groups (broad SMARTS) is 1. The van der Waals surface area contributed by atoms with Crippen LogP contribution in [-0.4, -0.2) is 21.7 Å². The molecular formula is C14H21NO3. The first-order chi connectivity index (χ1) is 8.22. The Morgan fingerprint density at radius 2 is 2.06 bits per heavy atom. The van der Waals surface area contributed by atoms with Crippen molar-refractivity contribution < 1.29 is 15.0 Å². The van der Waals surface area contributed by atoms with Crippen molar-refractivity contribution in [1.29, 1.82) is 0 Å². The molecule has 1 aromatic rings. The second-order valence-electron chi connectivity index (χ2n) is 5.46. The molecule has 1 unspecified atom stereocenters. The van der Waals surface area contributed by atoms with Crippen molar-refractivity contribution in [3.05, 3.63) is 29.3 Å². The van der Waals surface area contributed by atoms with Gasteiger partial charge in [0.25, 0.3) is 0 Å². The molecule has 0 heterocycles. The van der Waals surface area contributed by atoms with E-state index in [0.29, 0.717) is 5.92 Å². The summed E-state index contributed by atoms with van der Waals surface area (Å²) in [6, 6.07) is 5.15. The molecule has 0 fully saturated rings. The fraction of sp³-hybridized carbons (Fsp3) is 0.500. The predicted octanol–water partition coefficient (Wildman–Crippen LogP) is 1.94. The maximum Gasteiger partial charge on any atom is 0.323 e. The van der Waals surface area contributed by atoms with Crippen LogP contribution < -0.4 is 5.73 Å². The van der Waals surface area contributed by atoms with Crippen molar-refractivity contribution in [2.75, 3.05) is 0 Å². The molecule has 1 rings (SSSR count). The number of hydrogen-bond acceptors (Lipinski definition) is 3. The van der Waals surface area contributed by atoms with E-state index in [2.05, 4.69) is 13.8 Å². The van der Waals surface area contributed by atoms with Crippen LogP contribution in [0.1, 0.15) is 31.9 Å². The third-order valence-corrected chi connectivity index (χ3v) is 2.83. The Hall–Kier alpha value is -1.55. The van der Waals surface area contributed by atoms with Crippen molar-refractivity contribution in [3.8, 4) is 5.75 Å². The summed E-state index contributed by atoms with van der Waals surface area (Å²) in [6.45, 7) is 5.62. The Bertz CT molecular complexity index is 439. The van der Waals surface area contributed by atoms with Gasteiger partial charge in [-0.2, -0.15) is 0 Å². The fourth-order valence-electron chi connectivity index (χ4n) is 1.85. The number of nitrogens with two attached hydrogens (primary N) is 1. The van der Waals surface area contributed by atoms with Crippen LogP contribution in [0.5, 0.6) is 5.75 Å². The maximum absolute atomic E-state index is 11.0. The number of rotatable bonds is 5. The molecule has 0 amide bonds. The molecular weight excluding hydrogens is 230 g/mol. The summed E-state index contributed by atoms with van der Waals surface area (Å²) in [5.41, 5.74) is 6.10. The molecule has 4 nitrogen and oxygen atoms in total. The summed E-state index contributed by atoms with van der Waals surface area (Å²) in [5, 5.41) is 18.7. The number of aromatic hydroxyl groups is 1. The molecule has 0 aliphatic carbocycles. The van der Waals surface area contributed by atoms with E-state index in [1.807, 2.05) is 6.07 Å². The van der Waals surface area contributed by atoms with Crippen molar-refractivity contribution in [2.45, 2.75) is 39.2 Å². The number of hydrogen-bond donors (Lipinski definition) is 3. The van der Waals surface area contributed by atoms with Gasteiger partial charge in [0.15, 0.2) is 0 Å². The number of carboxylic acids is 1. The molecule has 0 aromatic heterocycles. The zero-order valence-corrected chi connectivity index (χ0v) is 11.1. The summed E-state index contributed by atoms with van der Waals surface area (Å²) < 4.78 is 0. The highest BCUT2D eigenvalue weighted by Gasteiger charge is 2.28. The van der Waals surface area contributed by atoms with Crippen molar-refractivity contribution in [3.63, 3.8) is 0 Å². The SMILES string of the molecule is CC(C)Cc1cc(CC(C)(N)C(=O)O)ccc1O. The Morgan fingerprint density at radius 1 is 1.44 bits per heavy atom. The smallest absolute Gasteiger partial charge is 0.323 e. The number of phenols is 1. The normalized spacial score (nSPS) is 14.5. The van der Waals surface area contributed by atoms with Gasteiger partial charge in [-0.3, -0.25) is 4.79 Å². The average molecular weight is 251 g/mol. The van der Waals surface area contributed by atoms with E-state index in [0.717, 1.165) is 17.5 Å². The molecule has 0 saturated carbocycles. The highest BCUT2D eigenvalue weighted by atomic mass is 16.4. The van der Waals surface area contributed by atoms with Gasteiger partial charge in [0.2, 0.25) is 0 Å². The van der Waals surface area contributed by atoms with Gasteiger partial charge in [-0.05, 0) is 36.5 Å². The number of benzene rings is 1. The van der Waals surface area contributed by atoms with E-state index < -0.39 is 11.5 Å². The summed E-state index contributed by atoms with van der Waals surface area (Å²) in [4.78, 5) is 11.0. The van der Waals surface area contributed by atoms with Crippen molar-refractivity contribution in [2.24, 2.45) is 11.7 Å². The summed E-state index contributed by atoms with van der Waals surface area (Å²) in [6.07, 6.45) is 1.00. The standard InChI is InChI=1S/C14H21NO3/c1-9(2)6-11-7-10(4-5-12(11)16)8-14(3,15)13(17)18/h4-5,7,9,16H,6,8,15H2,1-3H3,(H,17,18). The first kappa shape index (κ1) is 14.5. The summed E-state index contributed by atoms with van der Waals surface area (Å²) >= 11 is 0. The van der Waals surface area contributed by atoms with Gasteiger partial charge in [0.05, 0.1) is 0 Å².